The lowest BCUT2D eigenvalue weighted by atomic mass is 10.2. The molecular formula is C15H11Cl2F3N2O2. The van der Waals surface area contributed by atoms with Crippen molar-refractivity contribution in [2.45, 2.75) is 6.18 Å². The van der Waals surface area contributed by atoms with E-state index in [1.807, 2.05) is 0 Å². The average molecular weight is 379 g/mol. The molecule has 0 atom stereocenters. The van der Waals surface area contributed by atoms with Crippen molar-refractivity contribution < 1.29 is 22.7 Å². The lowest BCUT2D eigenvalue weighted by Crippen LogP contribution is -2.32. The number of halogens is 5. The van der Waals surface area contributed by atoms with Crippen LogP contribution in [0.15, 0.2) is 42.5 Å². The molecule has 0 aliphatic carbocycles. The minimum Gasteiger partial charge on any atom is -0.472 e. The smallest absolute Gasteiger partial charge is 0.416 e. The predicted octanol–water partition coefficient (Wildman–Crippen LogP) is 5.17. The zero-order valence-electron chi connectivity index (χ0n) is 12.0. The van der Waals surface area contributed by atoms with Crippen LogP contribution >= 0.6 is 23.2 Å². The van der Waals surface area contributed by atoms with Crippen molar-refractivity contribution in [1.82, 2.24) is 5.32 Å². The maximum Gasteiger partial charge on any atom is 0.416 e. The Labute approximate surface area is 145 Å². The molecule has 0 heterocycles. The third-order valence-corrected chi connectivity index (χ3v) is 3.33. The molecule has 0 saturated heterocycles. The number of nitrogens with one attached hydrogen (secondary N) is 2. The fraction of sp³-hybridized carbons (Fsp3) is 0.133. The van der Waals surface area contributed by atoms with Gasteiger partial charge >= 0.3 is 12.2 Å². The van der Waals surface area contributed by atoms with Gasteiger partial charge in [-0.15, -0.1) is 0 Å². The Kier molecular flexibility index (Phi) is 5.80. The van der Waals surface area contributed by atoms with Crippen LogP contribution in [0.4, 0.5) is 23.7 Å². The second-order valence-corrected chi connectivity index (χ2v) is 5.42. The van der Waals surface area contributed by atoms with Crippen LogP contribution in [0.1, 0.15) is 5.56 Å². The number of hydrogen-bond acceptors (Lipinski definition) is 2. The van der Waals surface area contributed by atoms with E-state index in [9.17, 15) is 18.0 Å². The van der Waals surface area contributed by atoms with Gasteiger partial charge in [-0.2, -0.15) is 13.2 Å². The van der Waals surface area contributed by atoms with Gasteiger partial charge in [0.15, 0.2) is 6.73 Å². The molecule has 0 spiro atoms. The molecule has 9 heteroatoms. The summed E-state index contributed by atoms with van der Waals surface area (Å²) in [6.07, 6.45) is -4.48. The average Bonchev–Trinajstić information content (AvgIpc) is 2.49. The number of amides is 2. The summed E-state index contributed by atoms with van der Waals surface area (Å²) in [6, 6.07) is 8.11. The molecule has 2 amide bonds. The third-order valence-electron chi connectivity index (χ3n) is 2.80. The van der Waals surface area contributed by atoms with Gasteiger partial charge < -0.3 is 15.4 Å². The molecule has 0 unspecified atom stereocenters. The van der Waals surface area contributed by atoms with Crippen LogP contribution in [0.5, 0.6) is 5.75 Å². The fourth-order valence-corrected chi connectivity index (χ4v) is 2.18. The lowest BCUT2D eigenvalue weighted by molar-refractivity contribution is -0.137. The second kappa shape index (κ2) is 7.63. The maximum absolute atomic E-state index is 12.6. The molecule has 0 fully saturated rings. The Balaban J connectivity index is 1.87. The predicted molar refractivity (Wildman–Crippen MR) is 85.6 cm³/mol. The second-order valence-electron chi connectivity index (χ2n) is 4.57. The molecule has 2 aromatic rings. The van der Waals surface area contributed by atoms with E-state index >= 15 is 0 Å². The minimum atomic E-state index is -4.48. The topological polar surface area (TPSA) is 50.4 Å². The largest absolute Gasteiger partial charge is 0.472 e. The normalized spacial score (nSPS) is 11.0. The Morgan fingerprint density at radius 1 is 1.12 bits per heavy atom. The maximum atomic E-state index is 12.6. The number of carbonyl (C=O) groups is 1. The van der Waals surface area contributed by atoms with Gasteiger partial charge in [-0.1, -0.05) is 29.3 Å². The first-order chi connectivity index (χ1) is 11.3. The lowest BCUT2D eigenvalue weighted by Gasteiger charge is -2.12. The molecule has 2 rings (SSSR count). The van der Waals surface area contributed by atoms with Crippen molar-refractivity contribution in [2.75, 3.05) is 12.0 Å². The van der Waals surface area contributed by atoms with Crippen LogP contribution in [0.25, 0.3) is 0 Å². The number of hydrogen-bond donors (Lipinski definition) is 2. The number of urea groups is 1. The zero-order chi connectivity index (χ0) is 17.7. The van der Waals surface area contributed by atoms with E-state index in [4.69, 9.17) is 27.9 Å². The van der Waals surface area contributed by atoms with E-state index in [0.717, 1.165) is 12.1 Å². The van der Waals surface area contributed by atoms with Crippen molar-refractivity contribution in [2.24, 2.45) is 0 Å². The van der Waals surface area contributed by atoms with Gasteiger partial charge in [0.25, 0.3) is 0 Å². The fourth-order valence-electron chi connectivity index (χ4n) is 1.72. The van der Waals surface area contributed by atoms with Gasteiger partial charge in [-0.05, 0) is 36.4 Å². The Hall–Kier alpha value is -2.12. The molecule has 0 aromatic heterocycles. The number of ether oxygens (including phenoxy) is 1. The van der Waals surface area contributed by atoms with Crippen molar-refractivity contribution >= 4 is 34.9 Å². The minimum absolute atomic E-state index is 0.00634. The Morgan fingerprint density at radius 2 is 1.88 bits per heavy atom. The molecule has 24 heavy (non-hydrogen) atoms. The summed E-state index contributed by atoms with van der Waals surface area (Å²) >= 11 is 11.6. The molecule has 4 nitrogen and oxygen atoms in total. The molecule has 0 saturated carbocycles. The molecule has 128 valence electrons. The van der Waals surface area contributed by atoms with E-state index in [2.05, 4.69) is 10.6 Å². The van der Waals surface area contributed by atoms with Gasteiger partial charge in [0.05, 0.1) is 10.6 Å². The van der Waals surface area contributed by atoms with Crippen LogP contribution in [0.3, 0.4) is 0 Å². The summed E-state index contributed by atoms with van der Waals surface area (Å²) in [6.45, 7) is -0.230. The molecule has 0 radical (unpaired) electrons. The molecule has 0 aliphatic heterocycles. The summed E-state index contributed by atoms with van der Waals surface area (Å²) in [5.41, 5.74) is -0.851. The number of carbonyl (C=O) groups excluding carboxylic acids is 1. The standard InChI is InChI=1S/C15H11Cl2F3N2O2/c16-10-4-5-13(12(17)7-10)24-8-21-14(23)22-11-3-1-2-9(6-11)15(18,19)20/h1-7H,8H2,(H2,21,22,23). The Morgan fingerprint density at radius 3 is 2.54 bits per heavy atom. The van der Waals surface area contributed by atoms with Crippen molar-refractivity contribution in [3.05, 3.63) is 58.1 Å². The van der Waals surface area contributed by atoms with Crippen molar-refractivity contribution in [3.63, 3.8) is 0 Å². The van der Waals surface area contributed by atoms with E-state index < -0.39 is 17.8 Å². The number of anilines is 1. The highest BCUT2D eigenvalue weighted by Crippen LogP contribution is 2.30. The highest BCUT2D eigenvalue weighted by atomic mass is 35.5. The van der Waals surface area contributed by atoms with Gasteiger partial charge in [0.2, 0.25) is 0 Å². The first kappa shape index (κ1) is 18.2. The van der Waals surface area contributed by atoms with Gasteiger partial charge in [0.1, 0.15) is 5.75 Å². The van der Waals surface area contributed by atoms with Gasteiger partial charge in [0, 0.05) is 10.7 Å². The first-order valence-electron chi connectivity index (χ1n) is 6.55. The molecule has 0 aliphatic rings. The highest BCUT2D eigenvalue weighted by Gasteiger charge is 2.30. The van der Waals surface area contributed by atoms with Crippen LogP contribution in [0, 0.1) is 0 Å². The highest BCUT2D eigenvalue weighted by molar-refractivity contribution is 6.35. The first-order valence-corrected chi connectivity index (χ1v) is 7.31. The van der Waals surface area contributed by atoms with E-state index in [0.29, 0.717) is 10.8 Å². The zero-order valence-corrected chi connectivity index (χ0v) is 13.5. The van der Waals surface area contributed by atoms with E-state index in [1.54, 1.807) is 6.07 Å². The SMILES string of the molecule is O=C(NCOc1ccc(Cl)cc1Cl)Nc1cccc(C(F)(F)F)c1. The van der Waals surface area contributed by atoms with E-state index in [-0.39, 0.29) is 17.4 Å². The van der Waals surface area contributed by atoms with Crippen LogP contribution < -0.4 is 15.4 Å². The third kappa shape index (κ3) is 5.21. The molecule has 2 N–H and O–H groups in total. The monoisotopic (exact) mass is 378 g/mol. The van der Waals surface area contributed by atoms with Gasteiger partial charge in [-0.25, -0.2) is 4.79 Å². The van der Waals surface area contributed by atoms with Crippen molar-refractivity contribution in [3.8, 4) is 5.75 Å². The summed E-state index contributed by atoms with van der Waals surface area (Å²) < 4.78 is 43.0. The number of rotatable bonds is 4. The summed E-state index contributed by atoms with van der Waals surface area (Å²) in [4.78, 5) is 11.7. The quantitative estimate of drug-likeness (QED) is 0.721. The summed E-state index contributed by atoms with van der Waals surface area (Å²) in [5, 5.41) is 5.31. The molecular weight excluding hydrogens is 368 g/mol. The van der Waals surface area contributed by atoms with Crippen LogP contribution in [0.2, 0.25) is 10.0 Å². The summed E-state index contributed by atoms with van der Waals surface area (Å²) in [7, 11) is 0. The van der Waals surface area contributed by atoms with Crippen LogP contribution in [-0.4, -0.2) is 12.8 Å². The number of benzene rings is 2. The molecule has 0 bridgehead atoms. The van der Waals surface area contributed by atoms with Crippen molar-refractivity contribution in [1.29, 1.82) is 0 Å². The van der Waals surface area contributed by atoms with E-state index in [1.165, 1.54) is 24.3 Å². The Bertz CT molecular complexity index is 739. The number of alkyl halides is 3. The van der Waals surface area contributed by atoms with Gasteiger partial charge in [-0.3, -0.25) is 0 Å². The molecule has 2 aromatic carbocycles. The summed E-state index contributed by atoms with van der Waals surface area (Å²) in [5.74, 6) is 0.306. The van der Waals surface area contributed by atoms with Crippen LogP contribution in [-0.2, 0) is 6.18 Å².